The van der Waals surface area contributed by atoms with Crippen LogP contribution in [0.5, 0.6) is 0 Å². The van der Waals surface area contributed by atoms with Gasteiger partial charge in [-0.15, -0.1) is 0 Å². The molecule has 4 fully saturated rings. The van der Waals surface area contributed by atoms with E-state index in [4.69, 9.17) is 11.6 Å². The highest BCUT2D eigenvalue weighted by molar-refractivity contribution is 6.32. The maximum absolute atomic E-state index is 13.5. The summed E-state index contributed by atoms with van der Waals surface area (Å²) in [5.74, 6) is 3.44. The second kappa shape index (κ2) is 6.73. The van der Waals surface area contributed by atoms with Gasteiger partial charge >= 0.3 is 0 Å². The van der Waals surface area contributed by atoms with Gasteiger partial charge in [0.05, 0.1) is 0 Å². The Morgan fingerprint density at radius 2 is 1.82 bits per heavy atom. The Bertz CT molecular complexity index is 825. The van der Waals surface area contributed by atoms with E-state index in [1.807, 2.05) is 24.3 Å². The molecule has 4 aliphatic rings. The molecule has 2 heteroatoms. The van der Waals surface area contributed by atoms with Crippen LogP contribution in [-0.4, -0.2) is 5.78 Å². The second-order valence-corrected chi connectivity index (χ2v) is 11.0. The molecule has 0 saturated heterocycles. The highest BCUT2D eigenvalue weighted by Crippen LogP contribution is 2.66. The molecule has 1 aromatic rings. The van der Waals surface area contributed by atoms with E-state index in [-0.39, 0.29) is 5.41 Å². The van der Waals surface area contributed by atoms with Crippen LogP contribution in [0.4, 0.5) is 0 Å². The van der Waals surface area contributed by atoms with Gasteiger partial charge in [-0.1, -0.05) is 56.5 Å². The van der Waals surface area contributed by atoms with Crippen molar-refractivity contribution in [2.24, 2.45) is 34.5 Å². The molecule has 0 spiro atoms. The molecule has 6 atom stereocenters. The molecule has 0 radical (unpaired) electrons. The van der Waals surface area contributed by atoms with Crippen molar-refractivity contribution in [3.8, 4) is 0 Å². The molecule has 4 saturated carbocycles. The molecule has 0 N–H and O–H groups in total. The topological polar surface area (TPSA) is 17.1 Å². The van der Waals surface area contributed by atoms with E-state index in [0.717, 1.165) is 46.8 Å². The first-order valence-electron chi connectivity index (χ1n) is 11.4. The average Bonchev–Trinajstić information content (AvgIpc) is 2.94. The fraction of sp³-hybridized carbons (Fsp3) is 0.654. The van der Waals surface area contributed by atoms with E-state index in [0.29, 0.717) is 17.1 Å². The number of benzene rings is 1. The fourth-order valence-electron chi connectivity index (χ4n) is 7.87. The lowest BCUT2D eigenvalue weighted by molar-refractivity contribution is -0.137. The van der Waals surface area contributed by atoms with Gasteiger partial charge in [-0.2, -0.15) is 0 Å². The standard InChI is InChI=1S/C26H33ClO/c1-25-13-6-5-8-19(25)10-11-20-21(25)12-14-26(2)22(20)16-18(24(26)28)15-17-7-3-4-9-23(17)27/h3-4,7,9,15,19-22H,5-6,8,10-14,16H2,1-2H3/b18-15+/t19-,20-,21+,22-,25+,26+/m1/s1. The first-order valence-corrected chi connectivity index (χ1v) is 11.8. The van der Waals surface area contributed by atoms with Crippen molar-refractivity contribution in [2.75, 3.05) is 0 Å². The lowest BCUT2D eigenvalue weighted by Gasteiger charge is -2.59. The van der Waals surface area contributed by atoms with Crippen LogP contribution < -0.4 is 0 Å². The van der Waals surface area contributed by atoms with Crippen molar-refractivity contribution < 1.29 is 4.79 Å². The summed E-state index contributed by atoms with van der Waals surface area (Å²) in [6.45, 7) is 4.88. The van der Waals surface area contributed by atoms with Crippen LogP contribution in [0.1, 0.15) is 77.2 Å². The first kappa shape index (κ1) is 18.9. The van der Waals surface area contributed by atoms with Gasteiger partial charge in [0.1, 0.15) is 0 Å². The molecule has 28 heavy (non-hydrogen) atoms. The number of carbonyl (C=O) groups excluding carboxylic acids is 1. The van der Waals surface area contributed by atoms with Crippen LogP contribution in [0, 0.1) is 34.5 Å². The third-order valence-electron chi connectivity index (χ3n) is 9.46. The molecule has 0 aliphatic heterocycles. The average molecular weight is 397 g/mol. The number of hydrogen-bond donors (Lipinski definition) is 0. The summed E-state index contributed by atoms with van der Waals surface area (Å²) >= 11 is 6.39. The van der Waals surface area contributed by atoms with Gasteiger partial charge in [-0.05, 0) is 97.3 Å². The number of rotatable bonds is 1. The van der Waals surface area contributed by atoms with Gasteiger partial charge < -0.3 is 0 Å². The molecule has 5 rings (SSSR count). The first-order chi connectivity index (χ1) is 13.4. The van der Waals surface area contributed by atoms with Crippen LogP contribution in [0.25, 0.3) is 6.08 Å². The third-order valence-corrected chi connectivity index (χ3v) is 9.80. The second-order valence-electron chi connectivity index (χ2n) is 10.6. The van der Waals surface area contributed by atoms with Crippen molar-refractivity contribution in [1.82, 2.24) is 0 Å². The molecule has 0 unspecified atom stereocenters. The zero-order valence-electron chi connectivity index (χ0n) is 17.3. The zero-order valence-corrected chi connectivity index (χ0v) is 18.1. The van der Waals surface area contributed by atoms with E-state index in [1.54, 1.807) is 0 Å². The van der Waals surface area contributed by atoms with E-state index in [1.165, 1.54) is 44.9 Å². The van der Waals surface area contributed by atoms with Crippen molar-refractivity contribution in [3.63, 3.8) is 0 Å². The minimum Gasteiger partial charge on any atom is -0.294 e. The van der Waals surface area contributed by atoms with Crippen LogP contribution >= 0.6 is 11.6 Å². The summed E-state index contributed by atoms with van der Waals surface area (Å²) < 4.78 is 0. The summed E-state index contributed by atoms with van der Waals surface area (Å²) in [6.07, 6.45) is 13.8. The van der Waals surface area contributed by atoms with Crippen molar-refractivity contribution in [3.05, 3.63) is 40.4 Å². The predicted octanol–water partition coefficient (Wildman–Crippen LogP) is 7.34. The summed E-state index contributed by atoms with van der Waals surface area (Å²) in [5.41, 5.74) is 2.40. The predicted molar refractivity (Wildman–Crippen MR) is 116 cm³/mol. The van der Waals surface area contributed by atoms with Gasteiger partial charge in [0.2, 0.25) is 0 Å². The molecular weight excluding hydrogens is 364 g/mol. The van der Waals surface area contributed by atoms with Crippen molar-refractivity contribution in [1.29, 1.82) is 0 Å². The Labute approximate surface area is 174 Å². The van der Waals surface area contributed by atoms with E-state index >= 15 is 0 Å². The smallest absolute Gasteiger partial charge is 0.165 e. The number of fused-ring (bicyclic) bond motifs is 5. The number of Topliss-reactive ketones (excluding diaryl/α,β-unsaturated/α-hetero) is 1. The molecule has 4 aliphatic carbocycles. The molecule has 0 heterocycles. The Balaban J connectivity index is 1.48. The molecule has 150 valence electrons. The Kier molecular flexibility index (Phi) is 4.54. The zero-order chi connectivity index (χ0) is 19.5. The molecule has 1 nitrogen and oxygen atoms in total. The molecule has 0 bridgehead atoms. The Hall–Kier alpha value is -1.08. The van der Waals surface area contributed by atoms with Gasteiger partial charge in [0, 0.05) is 10.4 Å². The Morgan fingerprint density at radius 1 is 1.00 bits per heavy atom. The van der Waals surface area contributed by atoms with Crippen molar-refractivity contribution >= 4 is 23.5 Å². The number of halogens is 1. The van der Waals surface area contributed by atoms with Gasteiger partial charge in [0.15, 0.2) is 5.78 Å². The summed E-state index contributed by atoms with van der Waals surface area (Å²) in [4.78, 5) is 13.5. The highest BCUT2D eigenvalue weighted by Gasteiger charge is 2.60. The maximum atomic E-state index is 13.5. The quantitative estimate of drug-likeness (QED) is 0.454. The SMILES string of the molecule is C[C@]12CCCC[C@@H]1CC[C@H]1[C@H]3C/C(=C\c4ccccc4Cl)C(=O)[C@@]3(C)CC[C@@H]12. The molecular formula is C26H33ClO. The normalized spacial score (nSPS) is 44.1. The van der Waals surface area contributed by atoms with E-state index in [2.05, 4.69) is 19.9 Å². The van der Waals surface area contributed by atoms with E-state index < -0.39 is 0 Å². The number of ketones is 1. The third kappa shape index (κ3) is 2.68. The number of allylic oxidation sites excluding steroid dienone is 1. The minimum absolute atomic E-state index is 0.147. The molecule has 1 aromatic carbocycles. The van der Waals surface area contributed by atoms with Crippen LogP contribution in [0.2, 0.25) is 5.02 Å². The van der Waals surface area contributed by atoms with Gasteiger partial charge in [-0.25, -0.2) is 0 Å². The largest absolute Gasteiger partial charge is 0.294 e. The van der Waals surface area contributed by atoms with E-state index in [9.17, 15) is 4.79 Å². The summed E-state index contributed by atoms with van der Waals surface area (Å²) in [5, 5.41) is 0.746. The van der Waals surface area contributed by atoms with Crippen LogP contribution in [0.3, 0.4) is 0 Å². The monoisotopic (exact) mass is 396 g/mol. The summed E-state index contributed by atoms with van der Waals surface area (Å²) in [7, 11) is 0. The van der Waals surface area contributed by atoms with Gasteiger partial charge in [-0.3, -0.25) is 4.79 Å². The van der Waals surface area contributed by atoms with Gasteiger partial charge in [0.25, 0.3) is 0 Å². The molecule has 0 amide bonds. The lowest BCUT2D eigenvalue weighted by Crippen LogP contribution is -2.52. The van der Waals surface area contributed by atoms with Crippen LogP contribution in [0.15, 0.2) is 29.8 Å². The minimum atomic E-state index is -0.147. The number of hydrogen-bond acceptors (Lipinski definition) is 1. The maximum Gasteiger partial charge on any atom is 0.165 e. The molecule has 0 aromatic heterocycles. The highest BCUT2D eigenvalue weighted by atomic mass is 35.5. The lowest BCUT2D eigenvalue weighted by atomic mass is 9.45. The number of carbonyl (C=O) groups is 1. The summed E-state index contributed by atoms with van der Waals surface area (Å²) in [6, 6.07) is 7.91. The van der Waals surface area contributed by atoms with Crippen molar-refractivity contribution in [2.45, 2.75) is 71.6 Å². The Morgan fingerprint density at radius 3 is 2.64 bits per heavy atom. The van der Waals surface area contributed by atoms with Crippen LogP contribution in [-0.2, 0) is 4.79 Å². The fourth-order valence-corrected chi connectivity index (χ4v) is 8.06.